The maximum atomic E-state index is 13.1. The van der Waals surface area contributed by atoms with E-state index in [0.717, 1.165) is 0 Å². The van der Waals surface area contributed by atoms with Crippen molar-refractivity contribution in [1.82, 2.24) is 15.1 Å². The molecule has 33 heavy (non-hydrogen) atoms. The van der Waals surface area contributed by atoms with E-state index in [-0.39, 0.29) is 24.7 Å². The minimum atomic E-state index is -3.83. The number of likely N-dealkylation sites (tertiary alicyclic amines) is 1. The molecule has 7 nitrogen and oxygen atoms in total. The standard InChI is InChI=1S/C21H20F4N4O3S/c22-18(23)20-27-26-19(32-20)16-8-6-15(7-9-16)12-29(17-4-2-1-3-5-17)33(30,31)11-10-28-13-21(24,25)14-28/h1-9,18H,10-14H2. The van der Waals surface area contributed by atoms with Gasteiger partial charge in [0, 0.05) is 12.1 Å². The summed E-state index contributed by atoms with van der Waals surface area (Å²) in [5, 5.41) is 6.87. The van der Waals surface area contributed by atoms with Crippen LogP contribution < -0.4 is 4.31 Å². The first kappa shape index (κ1) is 23.2. The molecule has 176 valence electrons. The number of aromatic nitrogens is 2. The number of anilines is 1. The van der Waals surface area contributed by atoms with Gasteiger partial charge >= 0.3 is 6.43 Å². The van der Waals surface area contributed by atoms with Crippen LogP contribution in [0.15, 0.2) is 59.0 Å². The van der Waals surface area contributed by atoms with Crippen LogP contribution in [0.4, 0.5) is 23.2 Å². The number of benzene rings is 2. The lowest BCUT2D eigenvalue weighted by atomic mass is 10.1. The largest absolute Gasteiger partial charge is 0.415 e. The number of sulfonamides is 1. The van der Waals surface area contributed by atoms with Crippen LogP contribution in [0.3, 0.4) is 0 Å². The first-order chi connectivity index (χ1) is 15.6. The Bertz CT molecular complexity index is 1180. The Balaban J connectivity index is 1.50. The van der Waals surface area contributed by atoms with Crippen LogP contribution in [-0.2, 0) is 16.6 Å². The molecule has 1 fully saturated rings. The third-order valence-electron chi connectivity index (χ3n) is 5.11. The van der Waals surface area contributed by atoms with Crippen molar-refractivity contribution in [1.29, 1.82) is 0 Å². The van der Waals surface area contributed by atoms with E-state index < -0.39 is 41.4 Å². The van der Waals surface area contributed by atoms with Gasteiger partial charge in [-0.2, -0.15) is 8.78 Å². The summed E-state index contributed by atoms with van der Waals surface area (Å²) in [6.45, 7) is -0.894. The Morgan fingerprint density at radius 3 is 2.27 bits per heavy atom. The molecule has 0 bridgehead atoms. The highest BCUT2D eigenvalue weighted by Gasteiger charge is 2.43. The second-order valence-corrected chi connectivity index (χ2v) is 9.68. The minimum absolute atomic E-state index is 0.00380. The van der Waals surface area contributed by atoms with Crippen molar-refractivity contribution in [2.75, 3.05) is 29.7 Å². The number of nitrogens with zero attached hydrogens (tertiary/aromatic N) is 4. The molecule has 0 N–H and O–H groups in total. The van der Waals surface area contributed by atoms with Gasteiger partial charge in [-0.1, -0.05) is 30.3 Å². The molecular weight excluding hydrogens is 464 g/mol. The molecule has 0 amide bonds. The third-order valence-corrected chi connectivity index (χ3v) is 6.82. The molecule has 2 aromatic carbocycles. The van der Waals surface area contributed by atoms with Gasteiger partial charge in [0.25, 0.3) is 11.8 Å². The molecule has 3 aromatic rings. The van der Waals surface area contributed by atoms with Crippen molar-refractivity contribution in [2.24, 2.45) is 0 Å². The fourth-order valence-corrected chi connectivity index (χ4v) is 4.92. The highest BCUT2D eigenvalue weighted by atomic mass is 32.2. The van der Waals surface area contributed by atoms with Gasteiger partial charge in [-0.15, -0.1) is 10.2 Å². The average molecular weight is 484 g/mol. The summed E-state index contributed by atoms with van der Waals surface area (Å²) >= 11 is 0. The highest BCUT2D eigenvalue weighted by molar-refractivity contribution is 7.92. The zero-order valence-electron chi connectivity index (χ0n) is 17.2. The van der Waals surface area contributed by atoms with Crippen molar-refractivity contribution < 1.29 is 30.4 Å². The lowest BCUT2D eigenvalue weighted by molar-refractivity contribution is -0.128. The van der Waals surface area contributed by atoms with E-state index in [1.165, 1.54) is 9.21 Å². The van der Waals surface area contributed by atoms with Gasteiger partial charge < -0.3 is 4.42 Å². The number of hydrogen-bond donors (Lipinski definition) is 0. The maximum Gasteiger partial charge on any atom is 0.314 e. The Labute approximate surface area is 187 Å². The molecule has 0 spiro atoms. The van der Waals surface area contributed by atoms with Crippen LogP contribution in [0, 0.1) is 0 Å². The van der Waals surface area contributed by atoms with Gasteiger partial charge in [0.05, 0.1) is 31.1 Å². The summed E-state index contributed by atoms with van der Waals surface area (Å²) in [7, 11) is -3.83. The van der Waals surface area contributed by atoms with Crippen LogP contribution in [-0.4, -0.2) is 54.8 Å². The van der Waals surface area contributed by atoms with Gasteiger partial charge in [-0.25, -0.2) is 17.2 Å². The van der Waals surface area contributed by atoms with Crippen LogP contribution in [0.2, 0.25) is 0 Å². The molecule has 4 rings (SSSR count). The minimum Gasteiger partial charge on any atom is -0.415 e. The first-order valence-electron chi connectivity index (χ1n) is 9.99. The number of halogens is 4. The van der Waals surface area contributed by atoms with Gasteiger partial charge in [-0.05, 0) is 29.8 Å². The number of hydrogen-bond acceptors (Lipinski definition) is 6. The Morgan fingerprint density at radius 2 is 1.70 bits per heavy atom. The topological polar surface area (TPSA) is 79.5 Å². The SMILES string of the molecule is O=S(=O)(CCN1CC(F)(F)C1)N(Cc1ccc(-c2nnc(C(F)F)o2)cc1)c1ccccc1. The number of alkyl halides is 4. The van der Waals surface area contributed by atoms with Crippen molar-refractivity contribution in [2.45, 2.75) is 18.9 Å². The van der Waals surface area contributed by atoms with Gasteiger partial charge in [0.15, 0.2) is 0 Å². The first-order valence-corrected chi connectivity index (χ1v) is 11.6. The van der Waals surface area contributed by atoms with E-state index in [1.807, 2.05) is 0 Å². The second-order valence-electron chi connectivity index (χ2n) is 7.67. The highest BCUT2D eigenvalue weighted by Crippen LogP contribution is 2.28. The molecule has 1 aliphatic heterocycles. The third kappa shape index (κ3) is 5.50. The summed E-state index contributed by atoms with van der Waals surface area (Å²) in [5.41, 5.74) is 1.47. The fourth-order valence-electron chi connectivity index (χ4n) is 3.42. The predicted octanol–water partition coefficient (Wildman–Crippen LogP) is 3.96. The molecule has 0 unspecified atom stereocenters. The summed E-state index contributed by atoms with van der Waals surface area (Å²) < 4.78 is 83.8. The zero-order chi connectivity index (χ0) is 23.6. The lowest BCUT2D eigenvalue weighted by Crippen LogP contribution is -2.57. The van der Waals surface area contributed by atoms with E-state index in [1.54, 1.807) is 54.6 Å². The van der Waals surface area contributed by atoms with Crippen molar-refractivity contribution in [3.63, 3.8) is 0 Å². The van der Waals surface area contributed by atoms with Crippen molar-refractivity contribution in [3.05, 3.63) is 66.1 Å². The molecule has 2 heterocycles. The predicted molar refractivity (Wildman–Crippen MR) is 112 cm³/mol. The maximum absolute atomic E-state index is 13.1. The second kappa shape index (κ2) is 9.10. The summed E-state index contributed by atoms with van der Waals surface area (Å²) in [5.74, 6) is -3.93. The molecule has 0 saturated carbocycles. The molecule has 1 aromatic heterocycles. The summed E-state index contributed by atoms with van der Waals surface area (Å²) in [6.07, 6.45) is -2.88. The molecular formula is C21H20F4N4O3S. The van der Waals surface area contributed by atoms with E-state index in [0.29, 0.717) is 16.8 Å². The molecule has 12 heteroatoms. The normalized spacial score (nSPS) is 16.0. The Hall–Kier alpha value is -2.99. The molecule has 1 aliphatic rings. The number of para-hydroxylation sites is 1. The van der Waals surface area contributed by atoms with Crippen LogP contribution in [0.5, 0.6) is 0 Å². The van der Waals surface area contributed by atoms with Crippen molar-refractivity contribution in [3.8, 4) is 11.5 Å². The quantitative estimate of drug-likeness (QED) is 0.428. The van der Waals surface area contributed by atoms with E-state index in [4.69, 9.17) is 4.42 Å². The van der Waals surface area contributed by atoms with Gasteiger partial charge in [-0.3, -0.25) is 9.21 Å². The zero-order valence-corrected chi connectivity index (χ0v) is 18.1. The van der Waals surface area contributed by atoms with Gasteiger partial charge in [0.2, 0.25) is 15.9 Å². The Morgan fingerprint density at radius 1 is 1.03 bits per heavy atom. The van der Waals surface area contributed by atoms with E-state index in [9.17, 15) is 26.0 Å². The molecule has 1 saturated heterocycles. The van der Waals surface area contributed by atoms with Crippen LogP contribution in [0.25, 0.3) is 11.5 Å². The lowest BCUT2D eigenvalue weighted by Gasteiger charge is -2.39. The summed E-state index contributed by atoms with van der Waals surface area (Å²) in [4.78, 5) is 1.40. The number of rotatable bonds is 9. The smallest absolute Gasteiger partial charge is 0.314 e. The van der Waals surface area contributed by atoms with E-state index >= 15 is 0 Å². The van der Waals surface area contributed by atoms with Gasteiger partial charge in [0.1, 0.15) is 0 Å². The average Bonchev–Trinajstić information content (AvgIpc) is 3.26. The molecule has 0 aliphatic carbocycles. The molecule has 0 radical (unpaired) electrons. The molecule has 0 atom stereocenters. The fraction of sp³-hybridized carbons (Fsp3) is 0.333. The van der Waals surface area contributed by atoms with Crippen LogP contribution in [0.1, 0.15) is 17.9 Å². The van der Waals surface area contributed by atoms with E-state index in [2.05, 4.69) is 10.2 Å². The Kier molecular flexibility index (Phi) is 6.39. The summed E-state index contributed by atoms with van der Waals surface area (Å²) in [6, 6.07) is 14.8. The van der Waals surface area contributed by atoms with Crippen molar-refractivity contribution >= 4 is 15.7 Å². The van der Waals surface area contributed by atoms with Crippen LogP contribution >= 0.6 is 0 Å². The monoisotopic (exact) mass is 484 g/mol.